The maximum Gasteiger partial charge on any atom is 0.414 e. The van der Waals surface area contributed by atoms with Gasteiger partial charge in [-0.1, -0.05) is 0 Å². The number of hydrogen-bond acceptors (Lipinski definition) is 7. The summed E-state index contributed by atoms with van der Waals surface area (Å²) in [5, 5.41) is 0. The molecule has 4 atom stereocenters. The summed E-state index contributed by atoms with van der Waals surface area (Å²) in [4.78, 5) is 32.4. The van der Waals surface area contributed by atoms with Crippen molar-refractivity contribution >= 4 is 17.9 Å². The monoisotopic (exact) mass is 543 g/mol. The SMILES string of the molecule is O=C(O[C@@H]1CCOC1)N1CC2(CCN(C3CC4CCC(C3)N4C(=O)O[C@@H]3CCOC3)CC2)c2cc(F)ccc21. The van der Waals surface area contributed by atoms with E-state index >= 15 is 0 Å². The van der Waals surface area contributed by atoms with Crippen molar-refractivity contribution < 1.29 is 32.9 Å². The zero-order valence-electron chi connectivity index (χ0n) is 22.4. The van der Waals surface area contributed by atoms with E-state index in [0.717, 1.165) is 69.3 Å². The highest BCUT2D eigenvalue weighted by molar-refractivity contribution is 5.91. The zero-order chi connectivity index (χ0) is 26.6. The third-order valence-electron chi connectivity index (χ3n) is 10.0. The van der Waals surface area contributed by atoms with Crippen LogP contribution < -0.4 is 4.90 Å². The summed E-state index contributed by atoms with van der Waals surface area (Å²) in [5.41, 5.74) is 1.42. The van der Waals surface area contributed by atoms with E-state index in [4.69, 9.17) is 18.9 Å². The molecule has 39 heavy (non-hydrogen) atoms. The Balaban J connectivity index is 1.01. The lowest BCUT2D eigenvalue weighted by atomic mass is 9.73. The smallest absolute Gasteiger partial charge is 0.414 e. The van der Waals surface area contributed by atoms with E-state index in [1.54, 1.807) is 17.0 Å². The summed E-state index contributed by atoms with van der Waals surface area (Å²) in [7, 11) is 0. The normalized spacial score (nSPS) is 33.5. The number of carbonyl (C=O) groups is 2. The van der Waals surface area contributed by atoms with Crippen molar-refractivity contribution in [2.24, 2.45) is 0 Å². The molecule has 10 heteroatoms. The van der Waals surface area contributed by atoms with Crippen molar-refractivity contribution in [1.29, 1.82) is 0 Å². The molecule has 0 saturated carbocycles. The number of carbonyl (C=O) groups excluding carboxylic acids is 2. The summed E-state index contributed by atoms with van der Waals surface area (Å²) < 4.78 is 36.7. The molecule has 9 nitrogen and oxygen atoms in total. The largest absolute Gasteiger partial charge is 0.444 e. The number of likely N-dealkylation sites (tertiary alicyclic amines) is 1. The molecule has 2 unspecified atom stereocenters. The minimum atomic E-state index is -0.363. The van der Waals surface area contributed by atoms with E-state index < -0.39 is 0 Å². The maximum absolute atomic E-state index is 14.4. The Morgan fingerprint density at radius 3 is 2.13 bits per heavy atom. The summed E-state index contributed by atoms with van der Waals surface area (Å²) in [6.45, 7) is 4.51. The number of hydrogen-bond donors (Lipinski definition) is 0. The first-order valence-electron chi connectivity index (χ1n) is 14.7. The van der Waals surface area contributed by atoms with Crippen molar-refractivity contribution in [2.75, 3.05) is 51.0 Å². The topological polar surface area (TPSA) is 80.8 Å². The summed E-state index contributed by atoms with van der Waals surface area (Å²) in [6, 6.07) is 5.66. The number of anilines is 1. The minimum Gasteiger partial charge on any atom is -0.444 e. The van der Waals surface area contributed by atoms with Crippen LogP contribution in [-0.2, 0) is 24.4 Å². The quantitative estimate of drug-likeness (QED) is 0.573. The summed E-state index contributed by atoms with van der Waals surface area (Å²) in [6.07, 6.45) is 6.34. The van der Waals surface area contributed by atoms with Gasteiger partial charge < -0.3 is 28.7 Å². The van der Waals surface area contributed by atoms with Gasteiger partial charge in [0, 0.05) is 42.9 Å². The molecule has 1 spiro atoms. The van der Waals surface area contributed by atoms with E-state index in [1.807, 2.05) is 4.90 Å². The van der Waals surface area contributed by atoms with Crippen LogP contribution in [-0.4, -0.2) is 98.4 Å². The lowest BCUT2D eigenvalue weighted by Crippen LogP contribution is -2.56. The second-order valence-corrected chi connectivity index (χ2v) is 12.2. The van der Waals surface area contributed by atoms with Gasteiger partial charge in [-0.15, -0.1) is 0 Å². The van der Waals surface area contributed by atoms with Gasteiger partial charge in [0.1, 0.15) is 18.0 Å². The number of amides is 2. The van der Waals surface area contributed by atoms with Crippen LogP contribution in [0.25, 0.3) is 0 Å². The van der Waals surface area contributed by atoms with Crippen LogP contribution in [0, 0.1) is 5.82 Å². The Labute approximate surface area is 228 Å². The predicted octanol–water partition coefficient (Wildman–Crippen LogP) is 3.83. The predicted molar refractivity (Wildman–Crippen MR) is 139 cm³/mol. The average molecular weight is 544 g/mol. The molecule has 6 aliphatic heterocycles. The van der Waals surface area contributed by atoms with Crippen LogP contribution in [0.4, 0.5) is 19.7 Å². The van der Waals surface area contributed by atoms with Crippen molar-refractivity contribution in [3.63, 3.8) is 0 Å². The van der Waals surface area contributed by atoms with Gasteiger partial charge in [-0.2, -0.15) is 0 Å². The number of piperidine rings is 2. The van der Waals surface area contributed by atoms with Crippen molar-refractivity contribution in [3.05, 3.63) is 29.6 Å². The first-order valence-corrected chi connectivity index (χ1v) is 14.7. The van der Waals surface area contributed by atoms with Crippen LogP contribution in [0.3, 0.4) is 0 Å². The van der Waals surface area contributed by atoms with Crippen LogP contribution >= 0.6 is 0 Å². The average Bonchev–Trinajstić information content (AvgIpc) is 3.73. The highest BCUT2D eigenvalue weighted by atomic mass is 19.1. The second-order valence-electron chi connectivity index (χ2n) is 12.2. The standard InChI is InChI=1S/C29H38FN3O6/c30-19-1-4-26-25(13-19)29(18-32(26)27(34)38-23-5-11-36-16-23)7-9-31(10-8-29)22-14-20-2-3-21(15-22)33(20)28(35)39-24-6-12-37-17-24/h1,4,13,20-24H,2-3,5-12,14-18H2/t20?,21?,22?,23-,24-/m1/s1. The van der Waals surface area contributed by atoms with E-state index in [0.29, 0.717) is 45.4 Å². The van der Waals surface area contributed by atoms with Crippen molar-refractivity contribution in [3.8, 4) is 0 Å². The zero-order valence-corrected chi connectivity index (χ0v) is 22.4. The minimum absolute atomic E-state index is 0.115. The third-order valence-corrected chi connectivity index (χ3v) is 10.0. The molecule has 0 N–H and O–H groups in total. The van der Waals surface area contributed by atoms with E-state index in [9.17, 15) is 14.0 Å². The molecule has 6 aliphatic rings. The molecule has 5 saturated heterocycles. The van der Waals surface area contributed by atoms with Gasteiger partial charge in [0.2, 0.25) is 0 Å². The van der Waals surface area contributed by atoms with E-state index in [-0.39, 0.29) is 47.7 Å². The molecule has 1 aromatic rings. The molecular formula is C29H38FN3O6. The number of fused-ring (bicyclic) bond motifs is 4. The van der Waals surface area contributed by atoms with Crippen LogP contribution in [0.2, 0.25) is 0 Å². The van der Waals surface area contributed by atoms with Gasteiger partial charge in [0.05, 0.1) is 32.1 Å². The molecule has 1 aromatic carbocycles. The molecule has 5 fully saturated rings. The molecule has 7 rings (SSSR count). The molecule has 0 aromatic heterocycles. The first-order chi connectivity index (χ1) is 19.0. The van der Waals surface area contributed by atoms with Gasteiger partial charge in [-0.3, -0.25) is 4.90 Å². The molecule has 0 aliphatic carbocycles. The number of ether oxygens (including phenoxy) is 4. The number of benzene rings is 1. The lowest BCUT2D eigenvalue weighted by molar-refractivity contribution is 0.00963. The molecule has 6 heterocycles. The molecular weight excluding hydrogens is 505 g/mol. The molecule has 0 radical (unpaired) electrons. The van der Waals surface area contributed by atoms with Gasteiger partial charge in [0.15, 0.2) is 0 Å². The Morgan fingerprint density at radius 2 is 1.51 bits per heavy atom. The lowest BCUT2D eigenvalue weighted by Gasteiger charge is -2.47. The Kier molecular flexibility index (Phi) is 6.67. The number of rotatable bonds is 3. The fraction of sp³-hybridized carbons (Fsp3) is 0.724. The first kappa shape index (κ1) is 25.5. The van der Waals surface area contributed by atoms with E-state index in [1.165, 1.54) is 6.07 Å². The van der Waals surface area contributed by atoms with Gasteiger partial charge in [-0.05, 0) is 75.4 Å². The summed E-state index contributed by atoms with van der Waals surface area (Å²) in [5.74, 6) is -0.269. The fourth-order valence-electron chi connectivity index (χ4n) is 7.91. The van der Waals surface area contributed by atoms with Crippen molar-refractivity contribution in [2.45, 2.75) is 87.1 Å². The van der Waals surface area contributed by atoms with Crippen LogP contribution in [0.5, 0.6) is 0 Å². The van der Waals surface area contributed by atoms with Gasteiger partial charge in [-0.25, -0.2) is 14.0 Å². The molecule has 2 bridgehead atoms. The van der Waals surface area contributed by atoms with Crippen LogP contribution in [0.15, 0.2) is 18.2 Å². The van der Waals surface area contributed by atoms with Gasteiger partial charge in [0.25, 0.3) is 0 Å². The maximum atomic E-state index is 14.4. The molecule has 212 valence electrons. The van der Waals surface area contributed by atoms with Crippen LogP contribution in [0.1, 0.15) is 56.9 Å². The second kappa shape index (κ2) is 10.2. The Hall–Kier alpha value is -2.43. The molecule has 2 amide bonds. The van der Waals surface area contributed by atoms with Crippen molar-refractivity contribution in [1.82, 2.24) is 9.80 Å². The number of halogens is 1. The third kappa shape index (κ3) is 4.68. The highest BCUT2D eigenvalue weighted by Gasteiger charge is 2.50. The fourth-order valence-corrected chi connectivity index (χ4v) is 7.91. The Morgan fingerprint density at radius 1 is 0.872 bits per heavy atom. The van der Waals surface area contributed by atoms with E-state index in [2.05, 4.69) is 4.90 Å². The van der Waals surface area contributed by atoms with Gasteiger partial charge >= 0.3 is 12.2 Å². The Bertz CT molecular complexity index is 1080. The summed E-state index contributed by atoms with van der Waals surface area (Å²) >= 11 is 0. The number of nitrogens with zero attached hydrogens (tertiary/aromatic N) is 3. The highest BCUT2D eigenvalue weighted by Crippen LogP contribution is 2.49.